The van der Waals surface area contributed by atoms with Gasteiger partial charge in [-0.15, -0.1) is 0 Å². The molecule has 1 amide bonds. The molecule has 0 saturated heterocycles. The molecular weight excluding hydrogens is 272 g/mol. The van der Waals surface area contributed by atoms with Crippen molar-refractivity contribution in [1.82, 2.24) is 5.01 Å². The first-order valence-corrected chi connectivity index (χ1v) is 6.82. The lowest BCUT2D eigenvalue weighted by molar-refractivity contribution is -0.149. The minimum Gasteiger partial charge on any atom is -0.497 e. The maximum atomic E-state index is 11.8. The van der Waals surface area contributed by atoms with E-state index in [1.165, 1.54) is 5.01 Å². The van der Waals surface area contributed by atoms with Crippen molar-refractivity contribution < 1.29 is 19.1 Å². The van der Waals surface area contributed by atoms with Gasteiger partial charge in [-0.05, 0) is 36.8 Å². The lowest BCUT2D eigenvalue weighted by atomic mass is 10.0. The summed E-state index contributed by atoms with van der Waals surface area (Å²) in [5, 5.41) is 5.45. The topological polar surface area (TPSA) is 68.2 Å². The molecule has 112 valence electrons. The highest BCUT2D eigenvalue weighted by atomic mass is 16.5. The summed E-state index contributed by atoms with van der Waals surface area (Å²) in [5.74, 6) is 0.139. The molecule has 1 aromatic carbocycles. The monoisotopic (exact) mass is 290 g/mol. The lowest BCUT2D eigenvalue weighted by Crippen LogP contribution is -2.36. The van der Waals surface area contributed by atoms with Crippen molar-refractivity contribution in [1.29, 1.82) is 0 Å². The van der Waals surface area contributed by atoms with E-state index in [0.29, 0.717) is 12.8 Å². The molecule has 0 aromatic heterocycles. The number of hydrogen-bond acceptors (Lipinski definition) is 5. The SMILES string of the molecule is CCOC(=O)CN1N=C(c2ccc(OC)cc2)CCC1=O. The zero-order chi connectivity index (χ0) is 15.2. The molecule has 0 aliphatic carbocycles. The quantitative estimate of drug-likeness (QED) is 0.772. The van der Waals surface area contributed by atoms with E-state index in [1.807, 2.05) is 24.3 Å². The summed E-state index contributed by atoms with van der Waals surface area (Å²) < 4.78 is 9.95. The van der Waals surface area contributed by atoms with Crippen LogP contribution in [0.25, 0.3) is 0 Å². The second-order valence-electron chi connectivity index (χ2n) is 4.53. The molecule has 6 nitrogen and oxygen atoms in total. The zero-order valence-electron chi connectivity index (χ0n) is 12.2. The predicted octanol–water partition coefficient (Wildman–Crippen LogP) is 1.58. The summed E-state index contributed by atoms with van der Waals surface area (Å²) in [6.07, 6.45) is 0.898. The van der Waals surface area contributed by atoms with Crippen LogP contribution in [0.3, 0.4) is 0 Å². The van der Waals surface area contributed by atoms with Gasteiger partial charge >= 0.3 is 5.97 Å². The Balaban J connectivity index is 2.14. The van der Waals surface area contributed by atoms with Crippen molar-refractivity contribution in [3.8, 4) is 5.75 Å². The van der Waals surface area contributed by atoms with Crippen LogP contribution in [-0.2, 0) is 14.3 Å². The Kier molecular flexibility index (Phi) is 4.92. The van der Waals surface area contributed by atoms with E-state index in [9.17, 15) is 9.59 Å². The highest BCUT2D eigenvalue weighted by molar-refractivity contribution is 6.04. The molecule has 0 bridgehead atoms. The van der Waals surface area contributed by atoms with Crippen LogP contribution in [0, 0.1) is 0 Å². The van der Waals surface area contributed by atoms with Gasteiger partial charge in [0.05, 0.1) is 19.4 Å². The van der Waals surface area contributed by atoms with Gasteiger partial charge in [-0.1, -0.05) is 0 Å². The van der Waals surface area contributed by atoms with Crippen LogP contribution in [0.4, 0.5) is 0 Å². The van der Waals surface area contributed by atoms with Crippen molar-refractivity contribution >= 4 is 17.6 Å². The second kappa shape index (κ2) is 6.88. The Morgan fingerprint density at radius 2 is 2.00 bits per heavy atom. The van der Waals surface area contributed by atoms with Gasteiger partial charge in [-0.2, -0.15) is 5.10 Å². The molecule has 0 spiro atoms. The molecule has 0 N–H and O–H groups in total. The number of ether oxygens (including phenoxy) is 2. The number of esters is 1. The van der Waals surface area contributed by atoms with Gasteiger partial charge in [-0.25, -0.2) is 5.01 Å². The molecule has 0 fully saturated rings. The van der Waals surface area contributed by atoms with Crippen LogP contribution in [-0.4, -0.2) is 42.9 Å². The van der Waals surface area contributed by atoms with Crippen LogP contribution in [0.2, 0.25) is 0 Å². The number of carbonyl (C=O) groups is 2. The summed E-state index contributed by atoms with van der Waals surface area (Å²) in [5.41, 5.74) is 1.69. The van der Waals surface area contributed by atoms with Gasteiger partial charge < -0.3 is 9.47 Å². The standard InChI is InChI=1S/C15H18N2O4/c1-3-21-15(19)10-17-14(18)9-8-13(16-17)11-4-6-12(20-2)7-5-11/h4-7H,3,8-10H2,1-2H3. The normalized spacial score (nSPS) is 14.7. The smallest absolute Gasteiger partial charge is 0.327 e. The Labute approximate surface area is 123 Å². The van der Waals surface area contributed by atoms with Crippen molar-refractivity contribution in [2.75, 3.05) is 20.3 Å². The number of amides is 1. The predicted molar refractivity (Wildman–Crippen MR) is 77.1 cm³/mol. The summed E-state index contributed by atoms with van der Waals surface area (Å²) in [6, 6.07) is 7.44. The molecule has 0 unspecified atom stereocenters. The molecule has 1 heterocycles. The van der Waals surface area contributed by atoms with Gasteiger partial charge in [-0.3, -0.25) is 9.59 Å². The number of methoxy groups -OCH3 is 1. The number of rotatable bonds is 5. The highest BCUT2D eigenvalue weighted by Crippen LogP contribution is 2.18. The number of hydrazone groups is 1. The Morgan fingerprint density at radius 3 is 2.62 bits per heavy atom. The first-order chi connectivity index (χ1) is 10.1. The minimum absolute atomic E-state index is 0.146. The van der Waals surface area contributed by atoms with Crippen molar-refractivity contribution in [3.63, 3.8) is 0 Å². The lowest BCUT2D eigenvalue weighted by Gasteiger charge is -2.22. The molecule has 0 saturated carbocycles. The van der Waals surface area contributed by atoms with Crippen LogP contribution >= 0.6 is 0 Å². The van der Waals surface area contributed by atoms with Gasteiger partial charge in [0, 0.05) is 12.8 Å². The fraction of sp³-hybridized carbons (Fsp3) is 0.400. The van der Waals surface area contributed by atoms with E-state index in [4.69, 9.17) is 9.47 Å². The Bertz CT molecular complexity index is 551. The van der Waals surface area contributed by atoms with E-state index in [2.05, 4.69) is 5.10 Å². The number of hydrogen-bond donors (Lipinski definition) is 0. The molecule has 2 rings (SSSR count). The van der Waals surface area contributed by atoms with Gasteiger partial charge in [0.15, 0.2) is 0 Å². The largest absolute Gasteiger partial charge is 0.497 e. The fourth-order valence-electron chi connectivity index (χ4n) is 2.04. The average Bonchev–Trinajstić information content (AvgIpc) is 2.50. The van der Waals surface area contributed by atoms with Gasteiger partial charge in [0.25, 0.3) is 0 Å². The third-order valence-corrected chi connectivity index (χ3v) is 3.11. The molecule has 1 aromatic rings. The van der Waals surface area contributed by atoms with Gasteiger partial charge in [0.2, 0.25) is 5.91 Å². The van der Waals surface area contributed by atoms with Crippen LogP contribution < -0.4 is 4.74 Å². The second-order valence-corrected chi connectivity index (χ2v) is 4.53. The van der Waals surface area contributed by atoms with E-state index in [0.717, 1.165) is 17.0 Å². The Hall–Kier alpha value is -2.37. The summed E-state index contributed by atoms with van der Waals surface area (Å²) in [7, 11) is 1.60. The highest BCUT2D eigenvalue weighted by Gasteiger charge is 2.23. The number of benzene rings is 1. The van der Waals surface area contributed by atoms with Crippen molar-refractivity contribution in [2.24, 2.45) is 5.10 Å². The van der Waals surface area contributed by atoms with Gasteiger partial charge in [0.1, 0.15) is 12.3 Å². The number of carbonyl (C=O) groups excluding carboxylic acids is 2. The van der Waals surface area contributed by atoms with Crippen LogP contribution in [0.1, 0.15) is 25.3 Å². The summed E-state index contributed by atoms with van der Waals surface area (Å²) in [4.78, 5) is 23.3. The molecule has 0 radical (unpaired) electrons. The Morgan fingerprint density at radius 1 is 1.29 bits per heavy atom. The fourth-order valence-corrected chi connectivity index (χ4v) is 2.04. The van der Waals surface area contributed by atoms with E-state index < -0.39 is 5.97 Å². The first kappa shape index (κ1) is 15.0. The van der Waals surface area contributed by atoms with E-state index in [-0.39, 0.29) is 19.1 Å². The third-order valence-electron chi connectivity index (χ3n) is 3.11. The molecule has 6 heteroatoms. The third kappa shape index (κ3) is 3.81. The average molecular weight is 290 g/mol. The summed E-state index contributed by atoms with van der Waals surface area (Å²) in [6.45, 7) is 1.87. The maximum Gasteiger partial charge on any atom is 0.327 e. The van der Waals surface area contributed by atoms with E-state index >= 15 is 0 Å². The summed E-state index contributed by atoms with van der Waals surface area (Å²) >= 11 is 0. The molecule has 1 aliphatic heterocycles. The van der Waals surface area contributed by atoms with Crippen LogP contribution in [0.5, 0.6) is 5.75 Å². The molecule has 21 heavy (non-hydrogen) atoms. The molecular formula is C15H18N2O4. The van der Waals surface area contributed by atoms with E-state index in [1.54, 1.807) is 14.0 Å². The maximum absolute atomic E-state index is 11.8. The zero-order valence-corrected chi connectivity index (χ0v) is 12.2. The number of nitrogens with zero attached hydrogens (tertiary/aromatic N) is 2. The van der Waals surface area contributed by atoms with Crippen molar-refractivity contribution in [2.45, 2.75) is 19.8 Å². The van der Waals surface area contributed by atoms with Crippen LogP contribution in [0.15, 0.2) is 29.4 Å². The van der Waals surface area contributed by atoms with Crippen molar-refractivity contribution in [3.05, 3.63) is 29.8 Å². The minimum atomic E-state index is -0.453. The molecule has 1 aliphatic rings. The first-order valence-electron chi connectivity index (χ1n) is 6.82. The molecule has 0 atom stereocenters.